The van der Waals surface area contributed by atoms with E-state index in [0.29, 0.717) is 31.0 Å². The van der Waals surface area contributed by atoms with Gasteiger partial charge in [-0.15, -0.1) is 6.58 Å². The first-order valence-electron chi connectivity index (χ1n) is 11.1. The van der Waals surface area contributed by atoms with Gasteiger partial charge in [0.25, 0.3) is 0 Å². The largest absolute Gasteiger partial charge is 0.352 e. The summed E-state index contributed by atoms with van der Waals surface area (Å²) in [4.78, 5) is 38.8. The Bertz CT molecular complexity index is 1020. The molecule has 1 heterocycles. The fourth-order valence-electron chi connectivity index (χ4n) is 3.77. The molecule has 0 bridgehead atoms. The van der Waals surface area contributed by atoms with Crippen LogP contribution < -0.4 is 21.3 Å². The molecule has 1 unspecified atom stereocenters. The SMILES string of the molecule is C=CCNC(=O)C1CCCN(C(=O)Nc2ccc(NC(=O)Nc3ccc(C)cc3C)cc2)C1. The summed E-state index contributed by atoms with van der Waals surface area (Å²) in [5.41, 5.74) is 4.08. The molecule has 1 atom stereocenters. The Morgan fingerprint density at radius 2 is 1.73 bits per heavy atom. The van der Waals surface area contributed by atoms with Crippen LogP contribution in [0.5, 0.6) is 0 Å². The van der Waals surface area contributed by atoms with Gasteiger partial charge in [0, 0.05) is 36.7 Å². The molecule has 5 amide bonds. The summed E-state index contributed by atoms with van der Waals surface area (Å²) in [5, 5.41) is 11.3. The van der Waals surface area contributed by atoms with Gasteiger partial charge in [-0.3, -0.25) is 4.79 Å². The first-order valence-corrected chi connectivity index (χ1v) is 11.1. The van der Waals surface area contributed by atoms with Crippen molar-refractivity contribution in [3.05, 3.63) is 66.2 Å². The highest BCUT2D eigenvalue weighted by molar-refractivity contribution is 6.00. The number of rotatable bonds is 6. The highest BCUT2D eigenvalue weighted by Crippen LogP contribution is 2.20. The summed E-state index contributed by atoms with van der Waals surface area (Å²) < 4.78 is 0. The van der Waals surface area contributed by atoms with Gasteiger partial charge in [-0.25, -0.2) is 9.59 Å². The predicted molar refractivity (Wildman–Crippen MR) is 132 cm³/mol. The topological polar surface area (TPSA) is 103 Å². The zero-order chi connectivity index (χ0) is 23.8. The summed E-state index contributed by atoms with van der Waals surface area (Å²) in [6.45, 7) is 8.95. The molecule has 8 heteroatoms. The Labute approximate surface area is 194 Å². The summed E-state index contributed by atoms with van der Waals surface area (Å²) in [6, 6.07) is 12.1. The second-order valence-corrected chi connectivity index (χ2v) is 8.22. The number of nitrogens with zero attached hydrogens (tertiary/aromatic N) is 1. The van der Waals surface area contributed by atoms with Gasteiger partial charge in [-0.1, -0.05) is 23.8 Å². The maximum atomic E-state index is 12.7. The zero-order valence-electron chi connectivity index (χ0n) is 19.1. The quantitative estimate of drug-likeness (QED) is 0.489. The van der Waals surface area contributed by atoms with Crippen LogP contribution in [0.25, 0.3) is 0 Å². The molecule has 174 valence electrons. The first-order chi connectivity index (χ1) is 15.9. The molecule has 33 heavy (non-hydrogen) atoms. The van der Waals surface area contributed by atoms with Crippen LogP contribution in [0.2, 0.25) is 0 Å². The number of hydrogen-bond donors (Lipinski definition) is 4. The molecule has 2 aromatic carbocycles. The van der Waals surface area contributed by atoms with Crippen LogP contribution in [0.1, 0.15) is 24.0 Å². The van der Waals surface area contributed by atoms with E-state index in [-0.39, 0.29) is 23.9 Å². The number of amides is 5. The van der Waals surface area contributed by atoms with Crippen LogP contribution in [-0.2, 0) is 4.79 Å². The molecular weight excluding hydrogens is 418 g/mol. The lowest BCUT2D eigenvalue weighted by Gasteiger charge is -2.32. The Hall–Kier alpha value is -3.81. The highest BCUT2D eigenvalue weighted by atomic mass is 16.2. The van der Waals surface area contributed by atoms with Crippen molar-refractivity contribution in [3.8, 4) is 0 Å². The maximum Gasteiger partial charge on any atom is 0.323 e. The van der Waals surface area contributed by atoms with Crippen molar-refractivity contribution in [1.82, 2.24) is 10.2 Å². The van der Waals surface area contributed by atoms with E-state index < -0.39 is 0 Å². The molecule has 1 aliphatic heterocycles. The molecule has 2 aromatic rings. The van der Waals surface area contributed by atoms with Gasteiger partial charge in [-0.05, 0) is 62.6 Å². The highest BCUT2D eigenvalue weighted by Gasteiger charge is 2.28. The number of anilines is 3. The lowest BCUT2D eigenvalue weighted by Crippen LogP contribution is -2.46. The number of nitrogens with one attached hydrogen (secondary N) is 4. The van der Waals surface area contributed by atoms with E-state index in [0.717, 1.165) is 29.7 Å². The van der Waals surface area contributed by atoms with Gasteiger partial charge in [-0.2, -0.15) is 0 Å². The molecular formula is C25H31N5O3. The number of hydrogen-bond acceptors (Lipinski definition) is 3. The van der Waals surface area contributed by atoms with Crippen molar-refractivity contribution in [2.75, 3.05) is 35.6 Å². The number of aryl methyl sites for hydroxylation is 2. The molecule has 0 aromatic heterocycles. The third kappa shape index (κ3) is 6.83. The van der Waals surface area contributed by atoms with Crippen LogP contribution in [0, 0.1) is 19.8 Å². The molecule has 0 spiro atoms. The first kappa shape index (κ1) is 23.8. The molecule has 0 aliphatic carbocycles. The summed E-state index contributed by atoms with van der Waals surface area (Å²) in [7, 11) is 0. The van der Waals surface area contributed by atoms with Gasteiger partial charge < -0.3 is 26.2 Å². The number of piperidine rings is 1. The summed E-state index contributed by atoms with van der Waals surface area (Å²) in [5.74, 6) is -0.270. The third-order valence-corrected chi connectivity index (χ3v) is 5.52. The third-order valence-electron chi connectivity index (χ3n) is 5.52. The van der Waals surface area contributed by atoms with E-state index in [9.17, 15) is 14.4 Å². The Kier molecular flexibility index (Phi) is 8.07. The number of carbonyl (C=O) groups is 3. The molecule has 1 aliphatic rings. The zero-order valence-corrected chi connectivity index (χ0v) is 19.1. The second-order valence-electron chi connectivity index (χ2n) is 8.22. The van der Waals surface area contributed by atoms with Crippen molar-refractivity contribution < 1.29 is 14.4 Å². The van der Waals surface area contributed by atoms with E-state index in [1.54, 1.807) is 35.2 Å². The van der Waals surface area contributed by atoms with E-state index in [2.05, 4.69) is 27.8 Å². The van der Waals surface area contributed by atoms with E-state index in [4.69, 9.17) is 0 Å². The Morgan fingerprint density at radius 1 is 1.03 bits per heavy atom. The summed E-state index contributed by atoms with van der Waals surface area (Å²) >= 11 is 0. The number of benzene rings is 2. The molecule has 1 saturated heterocycles. The van der Waals surface area contributed by atoms with Gasteiger partial charge >= 0.3 is 12.1 Å². The lowest BCUT2D eigenvalue weighted by atomic mass is 9.97. The smallest absolute Gasteiger partial charge is 0.323 e. The van der Waals surface area contributed by atoms with Gasteiger partial charge in [0.15, 0.2) is 0 Å². The molecule has 4 N–H and O–H groups in total. The normalized spacial score (nSPS) is 15.3. The van der Waals surface area contributed by atoms with E-state index in [1.807, 2.05) is 32.0 Å². The molecule has 1 fully saturated rings. The van der Waals surface area contributed by atoms with Crippen molar-refractivity contribution in [2.24, 2.45) is 5.92 Å². The van der Waals surface area contributed by atoms with Crippen molar-refractivity contribution in [3.63, 3.8) is 0 Å². The summed E-state index contributed by atoms with van der Waals surface area (Å²) in [6.07, 6.45) is 3.17. The van der Waals surface area contributed by atoms with Crippen LogP contribution >= 0.6 is 0 Å². The van der Waals surface area contributed by atoms with Crippen molar-refractivity contribution in [1.29, 1.82) is 0 Å². The van der Waals surface area contributed by atoms with Gasteiger partial charge in [0.2, 0.25) is 5.91 Å². The van der Waals surface area contributed by atoms with E-state index >= 15 is 0 Å². The van der Waals surface area contributed by atoms with Crippen LogP contribution in [0.3, 0.4) is 0 Å². The van der Waals surface area contributed by atoms with Crippen LogP contribution in [0.4, 0.5) is 26.7 Å². The molecule has 8 nitrogen and oxygen atoms in total. The average molecular weight is 450 g/mol. The number of likely N-dealkylation sites (tertiary alicyclic amines) is 1. The van der Waals surface area contributed by atoms with Crippen LogP contribution in [-0.4, -0.2) is 42.5 Å². The van der Waals surface area contributed by atoms with E-state index in [1.165, 1.54) is 0 Å². The average Bonchev–Trinajstić information content (AvgIpc) is 2.80. The van der Waals surface area contributed by atoms with Gasteiger partial charge in [0.1, 0.15) is 0 Å². The molecule has 3 rings (SSSR count). The Balaban J connectivity index is 1.51. The standard InChI is InChI=1S/C25H31N5O3/c1-4-13-26-23(31)19-6-5-14-30(16-19)25(33)28-21-10-8-20(9-11-21)27-24(32)29-22-12-7-17(2)15-18(22)3/h4,7-12,15,19H,1,5-6,13-14,16H2,2-3H3,(H,26,31)(H,28,33)(H2,27,29,32). The molecule has 0 radical (unpaired) electrons. The number of urea groups is 2. The monoisotopic (exact) mass is 449 g/mol. The van der Waals surface area contributed by atoms with Crippen molar-refractivity contribution >= 4 is 35.0 Å². The molecule has 0 saturated carbocycles. The number of carbonyl (C=O) groups excluding carboxylic acids is 3. The minimum absolute atomic E-state index is 0.0538. The fourth-order valence-corrected chi connectivity index (χ4v) is 3.77. The Morgan fingerprint density at radius 3 is 2.39 bits per heavy atom. The fraction of sp³-hybridized carbons (Fsp3) is 0.320. The predicted octanol–water partition coefficient (Wildman–Crippen LogP) is 4.49. The van der Waals surface area contributed by atoms with Gasteiger partial charge in [0.05, 0.1) is 5.92 Å². The van der Waals surface area contributed by atoms with Crippen LogP contribution in [0.15, 0.2) is 55.1 Å². The lowest BCUT2D eigenvalue weighted by molar-refractivity contribution is -0.126. The van der Waals surface area contributed by atoms with Crippen molar-refractivity contribution in [2.45, 2.75) is 26.7 Å². The second kappa shape index (κ2) is 11.2. The minimum atomic E-state index is -0.340. The minimum Gasteiger partial charge on any atom is -0.352 e. The maximum absolute atomic E-state index is 12.7.